The topological polar surface area (TPSA) is 73.0 Å². The highest BCUT2D eigenvalue weighted by Crippen LogP contribution is 2.20. The van der Waals surface area contributed by atoms with Gasteiger partial charge in [0.05, 0.1) is 18.8 Å². The Bertz CT molecular complexity index is 645. The monoisotopic (exact) mass is 410 g/mol. The second kappa shape index (κ2) is 8.96. The molecule has 1 fully saturated rings. The summed E-state index contributed by atoms with van der Waals surface area (Å²) < 4.78 is 0.792. The summed E-state index contributed by atoms with van der Waals surface area (Å²) >= 11 is 3.37. The van der Waals surface area contributed by atoms with E-state index in [2.05, 4.69) is 21.2 Å². The van der Waals surface area contributed by atoms with E-state index in [-0.39, 0.29) is 30.8 Å². The molecule has 0 bridgehead atoms. The van der Waals surface area contributed by atoms with E-state index >= 15 is 0 Å². The normalized spacial score (nSPS) is 14.9. The van der Waals surface area contributed by atoms with Crippen molar-refractivity contribution in [2.24, 2.45) is 0 Å². The van der Waals surface area contributed by atoms with Gasteiger partial charge in [-0.05, 0) is 28.1 Å². The first kappa shape index (κ1) is 19.4. The lowest BCUT2D eigenvalue weighted by Crippen LogP contribution is -2.51. The van der Waals surface area contributed by atoms with Gasteiger partial charge in [0.15, 0.2) is 0 Å². The highest BCUT2D eigenvalue weighted by atomic mass is 79.9. The van der Waals surface area contributed by atoms with Gasteiger partial charge < -0.3 is 15.1 Å². The number of hydrogen-bond acceptors (Lipinski definition) is 4. The first-order valence-corrected chi connectivity index (χ1v) is 8.92. The fraction of sp³-hybridized carbons (Fsp3) is 0.471. The van der Waals surface area contributed by atoms with E-state index in [0.29, 0.717) is 31.9 Å². The molecule has 1 N–H and O–H groups in total. The minimum Gasteiger partial charge on any atom is -0.340 e. The van der Waals surface area contributed by atoms with Crippen LogP contribution in [0.5, 0.6) is 0 Å². The van der Waals surface area contributed by atoms with Crippen molar-refractivity contribution in [2.45, 2.75) is 6.92 Å². The van der Waals surface area contributed by atoms with Gasteiger partial charge in [0, 0.05) is 44.6 Å². The van der Waals surface area contributed by atoms with Crippen LogP contribution in [0.1, 0.15) is 6.92 Å². The second-order valence-electron chi connectivity index (χ2n) is 6.06. The van der Waals surface area contributed by atoms with Gasteiger partial charge in [-0.25, -0.2) is 0 Å². The Hall–Kier alpha value is -1.93. The van der Waals surface area contributed by atoms with E-state index in [1.807, 2.05) is 23.1 Å². The third-order valence-corrected chi connectivity index (χ3v) is 4.82. The SMILES string of the molecule is CC(=O)N1CCN(CC(=O)N(C)CC(=O)Nc2ccccc2Br)CC1. The molecule has 1 saturated heterocycles. The van der Waals surface area contributed by atoms with Gasteiger partial charge in [-0.15, -0.1) is 0 Å². The number of carbonyl (C=O) groups excluding carboxylic acids is 3. The molecular formula is C17H23BrN4O3. The first-order chi connectivity index (χ1) is 11.9. The van der Waals surface area contributed by atoms with Crippen LogP contribution < -0.4 is 5.32 Å². The maximum atomic E-state index is 12.3. The summed E-state index contributed by atoms with van der Waals surface area (Å²) in [5.41, 5.74) is 0.675. The summed E-state index contributed by atoms with van der Waals surface area (Å²) in [6.07, 6.45) is 0. The van der Waals surface area contributed by atoms with Crippen LogP contribution in [0.25, 0.3) is 0 Å². The summed E-state index contributed by atoms with van der Waals surface area (Å²) in [5.74, 6) is -0.297. The zero-order chi connectivity index (χ0) is 18.4. The molecule has 0 aliphatic carbocycles. The van der Waals surface area contributed by atoms with Crippen molar-refractivity contribution < 1.29 is 14.4 Å². The highest BCUT2D eigenvalue weighted by molar-refractivity contribution is 9.10. The number of carbonyl (C=O) groups is 3. The minimum absolute atomic E-state index is 0.00637. The average molecular weight is 411 g/mol. The number of rotatable bonds is 5. The number of amides is 3. The maximum absolute atomic E-state index is 12.3. The van der Waals surface area contributed by atoms with Crippen molar-refractivity contribution in [2.75, 3.05) is 51.6 Å². The van der Waals surface area contributed by atoms with Gasteiger partial charge in [0.1, 0.15) is 0 Å². The van der Waals surface area contributed by atoms with Gasteiger partial charge in [-0.1, -0.05) is 12.1 Å². The van der Waals surface area contributed by atoms with Gasteiger partial charge in [0.2, 0.25) is 17.7 Å². The number of nitrogens with zero attached hydrogens (tertiary/aromatic N) is 3. The predicted octanol–water partition coefficient (Wildman–Crippen LogP) is 1.01. The molecule has 1 aromatic rings. The molecule has 0 atom stereocenters. The Labute approximate surface area is 156 Å². The van der Waals surface area contributed by atoms with Gasteiger partial charge in [-0.2, -0.15) is 0 Å². The van der Waals surface area contributed by atoms with Crippen LogP contribution in [0.3, 0.4) is 0 Å². The molecule has 0 radical (unpaired) electrons. The third-order valence-electron chi connectivity index (χ3n) is 4.13. The summed E-state index contributed by atoms with van der Waals surface area (Å²) in [4.78, 5) is 40.9. The van der Waals surface area contributed by atoms with E-state index in [4.69, 9.17) is 0 Å². The number of para-hydroxylation sites is 1. The Kier molecular flexibility index (Phi) is 6.95. The van der Waals surface area contributed by atoms with Crippen LogP contribution >= 0.6 is 15.9 Å². The van der Waals surface area contributed by atoms with Crippen molar-refractivity contribution in [3.05, 3.63) is 28.7 Å². The van der Waals surface area contributed by atoms with Gasteiger partial charge in [-0.3, -0.25) is 19.3 Å². The summed E-state index contributed by atoms with van der Waals surface area (Å²) in [6.45, 7) is 4.41. The lowest BCUT2D eigenvalue weighted by atomic mass is 10.3. The zero-order valence-electron chi connectivity index (χ0n) is 14.5. The van der Waals surface area contributed by atoms with Crippen molar-refractivity contribution >= 4 is 39.3 Å². The van der Waals surface area contributed by atoms with Crippen LogP contribution in [-0.4, -0.2) is 78.7 Å². The summed E-state index contributed by atoms with van der Waals surface area (Å²) in [7, 11) is 1.62. The zero-order valence-corrected chi connectivity index (χ0v) is 16.1. The summed E-state index contributed by atoms with van der Waals surface area (Å²) in [5, 5.41) is 2.78. The van der Waals surface area contributed by atoms with Crippen LogP contribution in [0.2, 0.25) is 0 Å². The van der Waals surface area contributed by atoms with Crippen LogP contribution in [0, 0.1) is 0 Å². The molecule has 7 nitrogen and oxygen atoms in total. The number of halogens is 1. The fourth-order valence-corrected chi connectivity index (χ4v) is 2.97. The maximum Gasteiger partial charge on any atom is 0.244 e. The quantitative estimate of drug-likeness (QED) is 0.785. The number of hydrogen-bond donors (Lipinski definition) is 1. The first-order valence-electron chi connectivity index (χ1n) is 8.13. The molecule has 1 aliphatic heterocycles. The number of benzene rings is 1. The largest absolute Gasteiger partial charge is 0.340 e. The Morgan fingerprint density at radius 3 is 2.40 bits per heavy atom. The highest BCUT2D eigenvalue weighted by Gasteiger charge is 2.22. The fourth-order valence-electron chi connectivity index (χ4n) is 2.59. The smallest absolute Gasteiger partial charge is 0.244 e. The summed E-state index contributed by atoms with van der Waals surface area (Å²) in [6, 6.07) is 7.32. The van der Waals surface area contributed by atoms with Crippen molar-refractivity contribution in [3.63, 3.8) is 0 Å². The lowest BCUT2D eigenvalue weighted by Gasteiger charge is -2.34. The van der Waals surface area contributed by atoms with E-state index in [9.17, 15) is 14.4 Å². The molecule has 2 rings (SSSR count). The number of anilines is 1. The molecule has 1 aliphatic rings. The number of likely N-dealkylation sites (N-methyl/N-ethyl adjacent to an activating group) is 1. The van der Waals surface area contributed by atoms with Crippen molar-refractivity contribution in [1.29, 1.82) is 0 Å². The van der Waals surface area contributed by atoms with E-state index in [1.54, 1.807) is 24.9 Å². The molecule has 136 valence electrons. The average Bonchev–Trinajstić information content (AvgIpc) is 2.57. The number of nitrogens with one attached hydrogen (secondary N) is 1. The van der Waals surface area contributed by atoms with Crippen LogP contribution in [-0.2, 0) is 14.4 Å². The van der Waals surface area contributed by atoms with Crippen LogP contribution in [0.4, 0.5) is 5.69 Å². The molecule has 0 aromatic heterocycles. The number of piperazine rings is 1. The van der Waals surface area contributed by atoms with Crippen LogP contribution in [0.15, 0.2) is 28.7 Å². The van der Waals surface area contributed by atoms with Crippen molar-refractivity contribution in [3.8, 4) is 0 Å². The standard InChI is InChI=1S/C17H23BrN4O3/c1-13(23)22-9-7-21(8-10-22)12-17(25)20(2)11-16(24)19-15-6-4-3-5-14(15)18/h3-6H,7-12H2,1-2H3,(H,19,24). The molecule has 8 heteroatoms. The van der Waals surface area contributed by atoms with E-state index in [0.717, 1.165) is 4.47 Å². The van der Waals surface area contributed by atoms with E-state index < -0.39 is 0 Å². The molecule has 0 saturated carbocycles. The molecule has 1 aromatic carbocycles. The van der Waals surface area contributed by atoms with Gasteiger partial charge in [0.25, 0.3) is 0 Å². The molecular weight excluding hydrogens is 388 g/mol. The molecule has 0 spiro atoms. The lowest BCUT2D eigenvalue weighted by molar-refractivity contribution is -0.135. The van der Waals surface area contributed by atoms with E-state index in [1.165, 1.54) is 4.90 Å². The Morgan fingerprint density at radius 2 is 1.80 bits per heavy atom. The molecule has 0 unspecified atom stereocenters. The second-order valence-corrected chi connectivity index (χ2v) is 6.91. The van der Waals surface area contributed by atoms with Gasteiger partial charge >= 0.3 is 0 Å². The molecule has 25 heavy (non-hydrogen) atoms. The Morgan fingerprint density at radius 1 is 1.16 bits per heavy atom. The minimum atomic E-state index is -0.246. The van der Waals surface area contributed by atoms with Crippen molar-refractivity contribution in [1.82, 2.24) is 14.7 Å². The predicted molar refractivity (Wildman–Crippen MR) is 99.1 cm³/mol. The molecule has 1 heterocycles. The third kappa shape index (κ3) is 5.82. The Balaban J connectivity index is 1.77. The molecule has 3 amide bonds.